The second-order valence-electron chi connectivity index (χ2n) is 7.11. The molecule has 28 heavy (non-hydrogen) atoms. The number of nitrogens with zero attached hydrogens (tertiary/aromatic N) is 4. The normalized spacial score (nSPS) is 17.4. The van der Waals surface area contributed by atoms with Gasteiger partial charge in [0.15, 0.2) is 23.8 Å². The molecule has 4 rings (SSSR count). The molecule has 2 N–H and O–H groups in total. The number of anilines is 3. The fourth-order valence-corrected chi connectivity index (χ4v) is 3.47. The molecule has 0 saturated carbocycles. The number of aromatic nitrogens is 3. The molecule has 1 atom stereocenters. The summed E-state index contributed by atoms with van der Waals surface area (Å²) in [6, 6.07) is 7.60. The predicted molar refractivity (Wildman–Crippen MR) is 106 cm³/mol. The lowest BCUT2D eigenvalue weighted by Gasteiger charge is -2.29. The first-order chi connectivity index (χ1) is 13.7. The summed E-state index contributed by atoms with van der Waals surface area (Å²) in [6.45, 7) is 2.83. The molecule has 0 bridgehead atoms. The van der Waals surface area contributed by atoms with Gasteiger partial charge >= 0.3 is 0 Å². The lowest BCUT2D eigenvalue weighted by Crippen LogP contribution is -2.35. The van der Waals surface area contributed by atoms with E-state index in [1.807, 2.05) is 24.3 Å². The molecule has 0 aliphatic carbocycles. The van der Waals surface area contributed by atoms with Crippen LogP contribution in [-0.2, 0) is 0 Å². The summed E-state index contributed by atoms with van der Waals surface area (Å²) < 4.78 is 19.5. The van der Waals surface area contributed by atoms with Crippen molar-refractivity contribution in [3.63, 3.8) is 0 Å². The topological polar surface area (TPSA) is 79.1 Å². The van der Waals surface area contributed by atoms with Crippen molar-refractivity contribution < 1.29 is 8.81 Å². The Morgan fingerprint density at radius 2 is 2.25 bits per heavy atom. The van der Waals surface area contributed by atoms with Crippen molar-refractivity contribution in [3.05, 3.63) is 48.9 Å². The van der Waals surface area contributed by atoms with Crippen molar-refractivity contribution >= 4 is 17.5 Å². The molecule has 1 aliphatic heterocycles. The van der Waals surface area contributed by atoms with Crippen LogP contribution >= 0.6 is 0 Å². The molecule has 0 spiro atoms. The highest BCUT2D eigenvalue weighted by atomic mass is 19.1. The number of benzene rings is 1. The van der Waals surface area contributed by atoms with Gasteiger partial charge in [-0.2, -0.15) is 4.98 Å². The molecule has 8 heteroatoms. The average Bonchev–Trinajstić information content (AvgIpc) is 3.24. The third kappa shape index (κ3) is 4.45. The molecule has 1 saturated heterocycles. The van der Waals surface area contributed by atoms with E-state index in [4.69, 9.17) is 4.42 Å². The highest BCUT2D eigenvalue weighted by Crippen LogP contribution is 2.24. The fourth-order valence-electron chi connectivity index (χ4n) is 3.47. The summed E-state index contributed by atoms with van der Waals surface area (Å²) in [6.07, 6.45) is 6.54. The second-order valence-corrected chi connectivity index (χ2v) is 7.11. The number of oxazole rings is 1. The van der Waals surface area contributed by atoms with Crippen molar-refractivity contribution in [2.24, 2.45) is 5.92 Å². The number of hydrogen-bond donors (Lipinski definition) is 2. The van der Waals surface area contributed by atoms with Gasteiger partial charge < -0.3 is 20.0 Å². The molecule has 2 aromatic heterocycles. The molecule has 0 amide bonds. The van der Waals surface area contributed by atoms with E-state index >= 15 is 0 Å². The molecule has 146 valence electrons. The van der Waals surface area contributed by atoms with Crippen LogP contribution in [0.2, 0.25) is 0 Å². The zero-order chi connectivity index (χ0) is 19.3. The van der Waals surface area contributed by atoms with Crippen LogP contribution < -0.4 is 10.6 Å². The molecule has 1 aromatic carbocycles. The maximum atomic E-state index is 14.1. The number of halogens is 1. The molecule has 0 radical (unpaired) electrons. The largest absolute Gasteiger partial charge is 0.444 e. The maximum absolute atomic E-state index is 14.1. The fraction of sp³-hybridized carbons (Fsp3) is 0.350. The van der Waals surface area contributed by atoms with Crippen molar-refractivity contribution in [2.75, 3.05) is 37.3 Å². The quantitative estimate of drug-likeness (QED) is 0.672. The first-order valence-corrected chi connectivity index (χ1v) is 9.38. The summed E-state index contributed by atoms with van der Waals surface area (Å²) in [7, 11) is 2.12. The average molecular weight is 382 g/mol. The van der Waals surface area contributed by atoms with Crippen LogP contribution in [0.4, 0.5) is 21.8 Å². The maximum Gasteiger partial charge on any atom is 0.229 e. The number of likely N-dealkylation sites (tertiary alicyclic amines) is 1. The van der Waals surface area contributed by atoms with E-state index < -0.39 is 5.82 Å². The molecule has 3 aromatic rings. The molecule has 1 fully saturated rings. The Bertz CT molecular complexity index is 917. The van der Waals surface area contributed by atoms with Crippen LogP contribution in [0.25, 0.3) is 11.3 Å². The minimum atomic E-state index is -0.454. The van der Waals surface area contributed by atoms with E-state index in [1.54, 1.807) is 6.20 Å². The van der Waals surface area contributed by atoms with Gasteiger partial charge in [0.05, 0.1) is 12.4 Å². The second kappa shape index (κ2) is 8.35. The van der Waals surface area contributed by atoms with Crippen LogP contribution in [-0.4, -0.2) is 46.5 Å². The highest BCUT2D eigenvalue weighted by molar-refractivity contribution is 5.65. The van der Waals surface area contributed by atoms with Gasteiger partial charge in [-0.15, -0.1) is 0 Å². The SMILES string of the molecule is CN1CCC[C@@H](CNc2nc(Nc3cccc(-c4cnco4)c3)ncc2F)C1. The van der Waals surface area contributed by atoms with Crippen LogP contribution in [0.15, 0.2) is 47.5 Å². The summed E-state index contributed by atoms with van der Waals surface area (Å²) in [5, 5.41) is 6.27. The lowest BCUT2D eigenvalue weighted by atomic mass is 9.98. The lowest BCUT2D eigenvalue weighted by molar-refractivity contribution is 0.217. The van der Waals surface area contributed by atoms with E-state index in [0.29, 0.717) is 24.2 Å². The minimum absolute atomic E-state index is 0.220. The summed E-state index contributed by atoms with van der Waals surface area (Å²) in [5.41, 5.74) is 1.66. The predicted octanol–water partition coefficient (Wildman–Crippen LogP) is 3.77. The third-order valence-corrected chi connectivity index (χ3v) is 4.86. The third-order valence-electron chi connectivity index (χ3n) is 4.86. The Hall–Kier alpha value is -3.00. The number of nitrogens with one attached hydrogen (secondary N) is 2. The molecule has 0 unspecified atom stereocenters. The van der Waals surface area contributed by atoms with Crippen molar-refractivity contribution in [2.45, 2.75) is 12.8 Å². The molecule has 7 nitrogen and oxygen atoms in total. The molecule has 3 heterocycles. The molecular formula is C20H23FN6O. The van der Waals surface area contributed by atoms with Gasteiger partial charge in [0.25, 0.3) is 0 Å². The summed E-state index contributed by atoms with van der Waals surface area (Å²) in [5.74, 6) is 1.26. The van der Waals surface area contributed by atoms with Crippen LogP contribution in [0.5, 0.6) is 0 Å². The van der Waals surface area contributed by atoms with E-state index in [1.165, 1.54) is 19.0 Å². The summed E-state index contributed by atoms with van der Waals surface area (Å²) >= 11 is 0. The van der Waals surface area contributed by atoms with Crippen LogP contribution in [0, 0.1) is 11.7 Å². The Morgan fingerprint density at radius 1 is 1.32 bits per heavy atom. The number of piperidine rings is 1. The Kier molecular flexibility index (Phi) is 5.48. The highest BCUT2D eigenvalue weighted by Gasteiger charge is 2.18. The van der Waals surface area contributed by atoms with Gasteiger partial charge in [-0.25, -0.2) is 14.4 Å². The number of rotatable bonds is 6. The Balaban J connectivity index is 1.44. The zero-order valence-corrected chi connectivity index (χ0v) is 15.7. The van der Waals surface area contributed by atoms with Crippen molar-refractivity contribution in [3.8, 4) is 11.3 Å². The first-order valence-electron chi connectivity index (χ1n) is 9.38. The Morgan fingerprint density at radius 3 is 3.07 bits per heavy atom. The van der Waals surface area contributed by atoms with Crippen LogP contribution in [0.1, 0.15) is 12.8 Å². The Labute approximate surface area is 163 Å². The van der Waals surface area contributed by atoms with Gasteiger partial charge in [0.1, 0.15) is 0 Å². The van der Waals surface area contributed by atoms with Crippen molar-refractivity contribution in [1.82, 2.24) is 19.9 Å². The van der Waals surface area contributed by atoms with E-state index in [0.717, 1.165) is 30.8 Å². The van der Waals surface area contributed by atoms with Gasteiger partial charge in [0.2, 0.25) is 5.95 Å². The van der Waals surface area contributed by atoms with E-state index in [-0.39, 0.29) is 5.82 Å². The minimum Gasteiger partial charge on any atom is -0.444 e. The zero-order valence-electron chi connectivity index (χ0n) is 15.7. The van der Waals surface area contributed by atoms with E-state index in [2.05, 4.69) is 37.5 Å². The first kappa shape index (κ1) is 18.4. The van der Waals surface area contributed by atoms with Gasteiger partial charge in [0, 0.05) is 24.3 Å². The van der Waals surface area contributed by atoms with Crippen molar-refractivity contribution in [1.29, 1.82) is 0 Å². The molecule has 1 aliphatic rings. The smallest absolute Gasteiger partial charge is 0.229 e. The van der Waals surface area contributed by atoms with E-state index in [9.17, 15) is 4.39 Å². The monoisotopic (exact) mass is 382 g/mol. The molecular weight excluding hydrogens is 359 g/mol. The van der Waals surface area contributed by atoms with Gasteiger partial charge in [-0.1, -0.05) is 12.1 Å². The standard InChI is InChI=1S/C20H23FN6O/c1-27-7-3-4-14(12-27)9-23-19-17(21)10-24-20(26-19)25-16-6-2-5-15(8-16)18-11-22-13-28-18/h2,5-6,8,10-11,13-14H,3-4,7,9,12H2,1H3,(H2,23,24,25,26)/t14-/m0/s1. The van der Waals surface area contributed by atoms with Gasteiger partial charge in [-0.3, -0.25) is 0 Å². The van der Waals surface area contributed by atoms with Crippen LogP contribution in [0.3, 0.4) is 0 Å². The van der Waals surface area contributed by atoms with Gasteiger partial charge in [-0.05, 0) is 44.5 Å². The number of hydrogen-bond acceptors (Lipinski definition) is 7. The summed E-state index contributed by atoms with van der Waals surface area (Å²) in [4.78, 5) is 14.6.